The maximum Gasteiger partial charge on any atom is 0.174 e. The third kappa shape index (κ3) is 2.55. The first-order chi connectivity index (χ1) is 7.63. The molecule has 0 aromatic heterocycles. The largest absolute Gasteiger partial charge is 0.372 e. The van der Waals surface area contributed by atoms with E-state index >= 15 is 0 Å². The fourth-order valence-corrected chi connectivity index (χ4v) is 1.72. The molecule has 0 unspecified atom stereocenters. The summed E-state index contributed by atoms with van der Waals surface area (Å²) in [4.78, 5) is 6.58. The minimum atomic E-state index is 0.455. The Morgan fingerprint density at radius 3 is 2.44 bits per heavy atom. The van der Waals surface area contributed by atoms with Crippen molar-refractivity contribution in [3.63, 3.8) is 0 Å². The quantitative estimate of drug-likeness (QED) is 0.611. The van der Waals surface area contributed by atoms with Crippen LogP contribution in [0, 0.1) is 0 Å². The number of anilines is 1. The van der Waals surface area contributed by atoms with Gasteiger partial charge in [0, 0.05) is 30.4 Å². The molecule has 0 aliphatic heterocycles. The minimum Gasteiger partial charge on any atom is -0.372 e. The van der Waals surface area contributed by atoms with Crippen molar-refractivity contribution >= 4 is 11.3 Å². The molecule has 0 heterocycles. The predicted octanol–water partition coefficient (Wildman–Crippen LogP) is 3.42. The molecular formula is C13H19NO2. The fraction of sp³-hybridized carbons (Fsp3) is 0.385. The summed E-state index contributed by atoms with van der Waals surface area (Å²) in [5, 5.41) is 8.86. The number of hydrogen-bond donors (Lipinski definition) is 1. The van der Waals surface area contributed by atoms with E-state index in [1.807, 2.05) is 25.1 Å². The van der Waals surface area contributed by atoms with Crippen molar-refractivity contribution in [1.82, 2.24) is 0 Å². The van der Waals surface area contributed by atoms with Crippen LogP contribution in [0.15, 0.2) is 24.8 Å². The summed E-state index contributed by atoms with van der Waals surface area (Å²) in [5.41, 5.74) is 2.74. The van der Waals surface area contributed by atoms with Crippen molar-refractivity contribution in [1.29, 1.82) is 0 Å². The van der Waals surface area contributed by atoms with Gasteiger partial charge in [0.05, 0.1) is 0 Å². The van der Waals surface area contributed by atoms with E-state index in [9.17, 15) is 0 Å². The topological polar surface area (TPSA) is 32.7 Å². The highest BCUT2D eigenvalue weighted by Crippen LogP contribution is 2.29. The summed E-state index contributed by atoms with van der Waals surface area (Å²) in [6, 6.07) is 5.76. The van der Waals surface area contributed by atoms with E-state index < -0.39 is 0 Å². The summed E-state index contributed by atoms with van der Waals surface area (Å²) < 4.78 is 0. The molecule has 0 bridgehead atoms. The first-order valence-electron chi connectivity index (χ1n) is 5.50. The van der Waals surface area contributed by atoms with E-state index in [0.717, 1.165) is 29.9 Å². The van der Waals surface area contributed by atoms with Gasteiger partial charge in [-0.25, -0.2) is 5.26 Å². The van der Waals surface area contributed by atoms with Gasteiger partial charge in [-0.3, -0.25) is 0 Å². The van der Waals surface area contributed by atoms with Crippen LogP contribution < -0.4 is 9.79 Å². The molecule has 1 rings (SSSR count). The van der Waals surface area contributed by atoms with Crippen LogP contribution >= 0.6 is 0 Å². The summed E-state index contributed by atoms with van der Waals surface area (Å²) >= 11 is 0. The van der Waals surface area contributed by atoms with Crippen LogP contribution in [0.1, 0.15) is 26.3 Å². The Hall–Kier alpha value is -1.48. The third-order valence-electron chi connectivity index (χ3n) is 2.65. The lowest BCUT2D eigenvalue weighted by atomic mass is 10.1. The van der Waals surface area contributed by atoms with Crippen LogP contribution in [-0.2, 0) is 0 Å². The molecule has 0 spiro atoms. The van der Waals surface area contributed by atoms with Crippen LogP contribution in [0.25, 0.3) is 5.57 Å². The van der Waals surface area contributed by atoms with Gasteiger partial charge in [0.2, 0.25) is 0 Å². The lowest BCUT2D eigenvalue weighted by Crippen LogP contribution is -2.21. The van der Waals surface area contributed by atoms with Gasteiger partial charge in [0.1, 0.15) is 0 Å². The van der Waals surface area contributed by atoms with Crippen LogP contribution in [0.5, 0.6) is 5.75 Å². The molecule has 1 N–H and O–H groups in total. The van der Waals surface area contributed by atoms with Gasteiger partial charge in [-0.05, 0) is 38.5 Å². The smallest absolute Gasteiger partial charge is 0.174 e. The molecule has 88 valence electrons. The molecule has 0 aliphatic carbocycles. The van der Waals surface area contributed by atoms with E-state index in [1.165, 1.54) is 0 Å². The zero-order valence-corrected chi connectivity index (χ0v) is 10.2. The standard InChI is InChI=1S/C13H19NO2/c1-5-14(6-2)11-7-8-12(10(3)4)13(9-11)16-15/h7-9,15H,3,5-6H2,1-2,4H3. The number of benzene rings is 1. The van der Waals surface area contributed by atoms with Gasteiger partial charge in [-0.15, -0.1) is 0 Å². The van der Waals surface area contributed by atoms with Gasteiger partial charge < -0.3 is 9.79 Å². The summed E-state index contributed by atoms with van der Waals surface area (Å²) in [7, 11) is 0. The summed E-state index contributed by atoms with van der Waals surface area (Å²) in [6.45, 7) is 11.8. The monoisotopic (exact) mass is 221 g/mol. The molecule has 0 saturated heterocycles. The molecule has 1 aromatic rings. The Morgan fingerprint density at radius 1 is 1.38 bits per heavy atom. The van der Waals surface area contributed by atoms with Gasteiger partial charge in [0.15, 0.2) is 5.75 Å². The van der Waals surface area contributed by atoms with E-state index in [0.29, 0.717) is 5.75 Å². The van der Waals surface area contributed by atoms with Crippen molar-refractivity contribution in [3.8, 4) is 5.75 Å². The van der Waals surface area contributed by atoms with E-state index in [1.54, 1.807) is 0 Å². The van der Waals surface area contributed by atoms with Crippen LogP contribution in [-0.4, -0.2) is 18.3 Å². The van der Waals surface area contributed by atoms with E-state index in [-0.39, 0.29) is 0 Å². The normalized spacial score (nSPS) is 10.0. The van der Waals surface area contributed by atoms with Crippen LogP contribution in [0.2, 0.25) is 0 Å². The highest BCUT2D eigenvalue weighted by atomic mass is 17.1. The minimum absolute atomic E-state index is 0.455. The second kappa shape index (κ2) is 5.56. The Kier molecular flexibility index (Phi) is 4.38. The molecule has 3 nitrogen and oxygen atoms in total. The Labute approximate surface area is 96.9 Å². The van der Waals surface area contributed by atoms with Gasteiger partial charge in [0.25, 0.3) is 0 Å². The van der Waals surface area contributed by atoms with Crippen molar-refractivity contribution < 1.29 is 10.1 Å². The average molecular weight is 221 g/mol. The third-order valence-corrected chi connectivity index (χ3v) is 2.65. The lowest BCUT2D eigenvalue weighted by molar-refractivity contribution is -0.137. The van der Waals surface area contributed by atoms with Gasteiger partial charge >= 0.3 is 0 Å². The van der Waals surface area contributed by atoms with Gasteiger partial charge in [-0.2, -0.15) is 0 Å². The van der Waals surface area contributed by atoms with Crippen molar-refractivity contribution in [2.45, 2.75) is 20.8 Å². The molecule has 0 amide bonds. The van der Waals surface area contributed by atoms with E-state index in [4.69, 9.17) is 5.26 Å². The highest BCUT2D eigenvalue weighted by molar-refractivity contribution is 5.70. The van der Waals surface area contributed by atoms with Gasteiger partial charge in [-0.1, -0.05) is 6.58 Å². The SMILES string of the molecule is C=C(C)c1ccc(N(CC)CC)cc1OO. The predicted molar refractivity (Wildman–Crippen MR) is 68.0 cm³/mol. The zero-order chi connectivity index (χ0) is 12.1. The Morgan fingerprint density at radius 2 is 2.00 bits per heavy atom. The van der Waals surface area contributed by atoms with Crippen LogP contribution in [0.4, 0.5) is 5.69 Å². The first-order valence-corrected chi connectivity index (χ1v) is 5.50. The fourth-order valence-electron chi connectivity index (χ4n) is 1.72. The molecule has 16 heavy (non-hydrogen) atoms. The first kappa shape index (κ1) is 12.6. The number of rotatable bonds is 5. The second-order valence-corrected chi connectivity index (χ2v) is 3.72. The maximum atomic E-state index is 8.86. The summed E-state index contributed by atoms with van der Waals surface area (Å²) in [5.74, 6) is 0.455. The molecule has 0 fully saturated rings. The zero-order valence-electron chi connectivity index (χ0n) is 10.2. The second-order valence-electron chi connectivity index (χ2n) is 3.72. The number of nitrogens with zero attached hydrogens (tertiary/aromatic N) is 1. The molecule has 0 radical (unpaired) electrons. The Bertz CT molecular complexity index is 370. The molecule has 3 heteroatoms. The highest BCUT2D eigenvalue weighted by Gasteiger charge is 2.09. The number of hydrogen-bond acceptors (Lipinski definition) is 3. The lowest BCUT2D eigenvalue weighted by Gasteiger charge is -2.22. The molecule has 1 aromatic carbocycles. The molecule has 0 atom stereocenters. The number of allylic oxidation sites excluding steroid dienone is 1. The van der Waals surface area contributed by atoms with Crippen molar-refractivity contribution in [2.75, 3.05) is 18.0 Å². The van der Waals surface area contributed by atoms with Crippen LogP contribution in [0.3, 0.4) is 0 Å². The van der Waals surface area contributed by atoms with Crippen molar-refractivity contribution in [3.05, 3.63) is 30.3 Å². The average Bonchev–Trinajstić information content (AvgIpc) is 2.30. The Balaban J connectivity index is 3.12. The van der Waals surface area contributed by atoms with Crippen molar-refractivity contribution in [2.24, 2.45) is 0 Å². The maximum absolute atomic E-state index is 8.86. The molecule has 0 aliphatic rings. The van der Waals surface area contributed by atoms with E-state index in [2.05, 4.69) is 30.2 Å². The molecule has 0 saturated carbocycles. The molecular weight excluding hydrogens is 202 g/mol. The summed E-state index contributed by atoms with van der Waals surface area (Å²) in [6.07, 6.45) is 0.